The number of benzene rings is 1. The number of aliphatic imine (C=N–C) groups is 1. The summed E-state index contributed by atoms with van der Waals surface area (Å²) < 4.78 is 39.9. The zero-order chi connectivity index (χ0) is 18.4. The van der Waals surface area contributed by atoms with Gasteiger partial charge in [0.25, 0.3) is 0 Å². The van der Waals surface area contributed by atoms with Gasteiger partial charge in [0, 0.05) is 17.6 Å². The molecule has 4 N–H and O–H groups in total. The van der Waals surface area contributed by atoms with Gasteiger partial charge in [0.15, 0.2) is 5.96 Å². The Hall–Kier alpha value is -1.72. The van der Waals surface area contributed by atoms with Crippen LogP contribution in [0.15, 0.2) is 29.3 Å². The molecule has 1 aromatic carbocycles. The number of hydrogen-bond acceptors (Lipinski definition) is 3. The van der Waals surface area contributed by atoms with Crippen LogP contribution < -0.4 is 21.1 Å². The highest BCUT2D eigenvalue weighted by Crippen LogP contribution is 2.23. The molecule has 0 fully saturated rings. The van der Waals surface area contributed by atoms with Crippen LogP contribution in [0.3, 0.4) is 0 Å². The maximum atomic E-state index is 12.0. The first-order valence-corrected chi connectivity index (χ1v) is 7.18. The van der Waals surface area contributed by atoms with Crippen LogP contribution in [0.4, 0.5) is 18.9 Å². The lowest BCUT2D eigenvalue weighted by Crippen LogP contribution is -2.36. The second-order valence-corrected chi connectivity index (χ2v) is 5.97. The lowest BCUT2D eigenvalue weighted by molar-refractivity contribution is -0.274. The van der Waals surface area contributed by atoms with E-state index in [1.807, 2.05) is 0 Å². The molecule has 0 aliphatic carbocycles. The number of carbonyl (C=O) groups excluding carboxylic acids is 1. The number of amides is 1. The Morgan fingerprint density at radius 2 is 1.76 bits per heavy atom. The first-order chi connectivity index (χ1) is 11.0. The van der Waals surface area contributed by atoms with Crippen molar-refractivity contribution < 1.29 is 22.7 Å². The SMILES string of the molecule is CC(C)(C)C(=O)NCCN=C(N)Nc1ccc(OC(F)(F)F)cc1.I. The molecule has 0 aliphatic heterocycles. The molecule has 0 heterocycles. The third kappa shape index (κ3) is 9.99. The molecule has 25 heavy (non-hydrogen) atoms. The topological polar surface area (TPSA) is 88.7 Å². The number of halogens is 4. The van der Waals surface area contributed by atoms with Crippen molar-refractivity contribution in [2.45, 2.75) is 27.1 Å². The van der Waals surface area contributed by atoms with Gasteiger partial charge in [-0.1, -0.05) is 20.8 Å². The fraction of sp³-hybridized carbons (Fsp3) is 0.467. The summed E-state index contributed by atoms with van der Waals surface area (Å²) in [6.07, 6.45) is -4.73. The molecule has 1 aromatic rings. The van der Waals surface area contributed by atoms with Gasteiger partial charge in [-0.3, -0.25) is 9.79 Å². The van der Waals surface area contributed by atoms with Crippen LogP contribution in [0.25, 0.3) is 0 Å². The minimum Gasteiger partial charge on any atom is -0.406 e. The minimum atomic E-state index is -4.73. The van der Waals surface area contributed by atoms with Crippen LogP contribution in [0, 0.1) is 5.41 Å². The Morgan fingerprint density at radius 1 is 1.20 bits per heavy atom. The van der Waals surface area contributed by atoms with Gasteiger partial charge < -0.3 is 21.1 Å². The van der Waals surface area contributed by atoms with Gasteiger partial charge in [0.2, 0.25) is 5.91 Å². The molecule has 10 heteroatoms. The first kappa shape index (κ1) is 23.3. The van der Waals surface area contributed by atoms with Crippen LogP contribution >= 0.6 is 24.0 Å². The molecule has 0 radical (unpaired) electrons. The Balaban J connectivity index is 0.00000576. The fourth-order valence-electron chi connectivity index (χ4n) is 1.54. The molecule has 1 rings (SSSR count). The van der Waals surface area contributed by atoms with Gasteiger partial charge in [-0.15, -0.1) is 37.1 Å². The van der Waals surface area contributed by atoms with Crippen molar-refractivity contribution in [2.24, 2.45) is 16.1 Å². The predicted octanol–water partition coefficient (Wildman–Crippen LogP) is 3.09. The van der Waals surface area contributed by atoms with Gasteiger partial charge in [0.05, 0.1) is 6.54 Å². The average molecular weight is 474 g/mol. The van der Waals surface area contributed by atoms with Crippen LogP contribution in [-0.2, 0) is 4.79 Å². The smallest absolute Gasteiger partial charge is 0.406 e. The number of hydrogen-bond donors (Lipinski definition) is 3. The van der Waals surface area contributed by atoms with Crippen LogP contribution in [0.5, 0.6) is 5.75 Å². The number of nitrogens with one attached hydrogen (secondary N) is 2. The number of rotatable bonds is 5. The molecule has 6 nitrogen and oxygen atoms in total. The Labute approximate surface area is 161 Å². The summed E-state index contributed by atoms with van der Waals surface area (Å²) in [6.45, 7) is 6.00. The van der Waals surface area contributed by atoms with E-state index in [2.05, 4.69) is 20.4 Å². The van der Waals surface area contributed by atoms with Crippen molar-refractivity contribution in [2.75, 3.05) is 18.4 Å². The number of carbonyl (C=O) groups is 1. The monoisotopic (exact) mass is 474 g/mol. The third-order valence-electron chi connectivity index (χ3n) is 2.72. The quantitative estimate of drug-likeness (QED) is 0.265. The van der Waals surface area contributed by atoms with Crippen molar-refractivity contribution in [1.29, 1.82) is 0 Å². The summed E-state index contributed by atoms with van der Waals surface area (Å²) in [4.78, 5) is 15.6. The largest absolute Gasteiger partial charge is 0.573 e. The lowest BCUT2D eigenvalue weighted by atomic mass is 9.96. The van der Waals surface area contributed by atoms with E-state index >= 15 is 0 Å². The highest BCUT2D eigenvalue weighted by Gasteiger charge is 2.30. The Morgan fingerprint density at radius 3 is 2.24 bits per heavy atom. The number of anilines is 1. The van der Waals surface area contributed by atoms with Gasteiger partial charge in [-0.05, 0) is 24.3 Å². The molecular formula is C15H22F3IN4O2. The predicted molar refractivity (Wildman–Crippen MR) is 101 cm³/mol. The summed E-state index contributed by atoms with van der Waals surface area (Å²) in [5.41, 5.74) is 5.65. The van der Waals surface area contributed by atoms with Crippen LogP contribution in [0.1, 0.15) is 20.8 Å². The summed E-state index contributed by atoms with van der Waals surface area (Å²) >= 11 is 0. The standard InChI is InChI=1S/C15H21F3N4O2.HI/c1-14(2,3)12(23)20-8-9-21-13(19)22-10-4-6-11(7-5-10)24-15(16,17)18;/h4-7H,8-9H2,1-3H3,(H,20,23)(H3,19,21,22);1H. The normalized spacial score (nSPS) is 12.2. The minimum absolute atomic E-state index is 0. The summed E-state index contributed by atoms with van der Waals surface area (Å²) in [6, 6.07) is 5.08. The number of ether oxygens (including phenoxy) is 1. The lowest BCUT2D eigenvalue weighted by Gasteiger charge is -2.17. The van der Waals surface area contributed by atoms with E-state index in [1.165, 1.54) is 12.1 Å². The Kier molecular flexibility index (Phi) is 9.02. The van der Waals surface area contributed by atoms with Crippen LogP contribution in [-0.4, -0.2) is 31.3 Å². The number of nitrogens with zero attached hydrogens (tertiary/aromatic N) is 1. The van der Waals surface area contributed by atoms with E-state index in [0.717, 1.165) is 12.1 Å². The zero-order valence-corrected chi connectivity index (χ0v) is 16.4. The van der Waals surface area contributed by atoms with Gasteiger partial charge in [-0.2, -0.15) is 0 Å². The molecule has 0 aromatic heterocycles. The van der Waals surface area contributed by atoms with Crippen LogP contribution in [0.2, 0.25) is 0 Å². The van der Waals surface area contributed by atoms with E-state index in [9.17, 15) is 18.0 Å². The maximum absolute atomic E-state index is 12.0. The second kappa shape index (κ2) is 9.68. The highest BCUT2D eigenvalue weighted by molar-refractivity contribution is 14.0. The van der Waals surface area contributed by atoms with E-state index < -0.39 is 11.8 Å². The molecule has 0 saturated heterocycles. The fourth-order valence-corrected chi connectivity index (χ4v) is 1.54. The Bertz CT molecular complexity index is 584. The van der Waals surface area contributed by atoms with E-state index in [-0.39, 0.29) is 48.1 Å². The van der Waals surface area contributed by atoms with Crippen molar-refractivity contribution in [1.82, 2.24) is 5.32 Å². The average Bonchev–Trinajstić information content (AvgIpc) is 2.43. The van der Waals surface area contributed by atoms with Crippen molar-refractivity contribution in [3.8, 4) is 5.75 Å². The number of alkyl halides is 3. The maximum Gasteiger partial charge on any atom is 0.573 e. The third-order valence-corrected chi connectivity index (χ3v) is 2.72. The zero-order valence-electron chi connectivity index (χ0n) is 14.1. The molecule has 0 spiro atoms. The first-order valence-electron chi connectivity index (χ1n) is 7.18. The summed E-state index contributed by atoms with van der Waals surface area (Å²) in [5, 5.41) is 5.45. The summed E-state index contributed by atoms with van der Waals surface area (Å²) in [7, 11) is 0. The molecule has 0 aliphatic rings. The molecule has 1 amide bonds. The molecule has 0 unspecified atom stereocenters. The van der Waals surface area contributed by atoms with Gasteiger partial charge in [-0.25, -0.2) is 0 Å². The number of nitrogens with two attached hydrogens (primary N) is 1. The molecular weight excluding hydrogens is 452 g/mol. The van der Waals surface area contributed by atoms with Crippen molar-refractivity contribution in [3.63, 3.8) is 0 Å². The molecule has 142 valence electrons. The van der Waals surface area contributed by atoms with Gasteiger partial charge >= 0.3 is 6.36 Å². The second-order valence-electron chi connectivity index (χ2n) is 5.97. The van der Waals surface area contributed by atoms with Crippen molar-refractivity contribution in [3.05, 3.63) is 24.3 Å². The van der Waals surface area contributed by atoms with Gasteiger partial charge in [0.1, 0.15) is 5.75 Å². The number of guanidine groups is 1. The molecule has 0 bridgehead atoms. The van der Waals surface area contributed by atoms with E-state index in [0.29, 0.717) is 12.2 Å². The van der Waals surface area contributed by atoms with Crippen molar-refractivity contribution >= 4 is 41.5 Å². The van der Waals surface area contributed by atoms with E-state index in [4.69, 9.17) is 5.73 Å². The molecule has 0 saturated carbocycles. The summed E-state index contributed by atoms with van der Waals surface area (Å²) in [5.74, 6) is -0.331. The molecule has 0 atom stereocenters. The van der Waals surface area contributed by atoms with E-state index in [1.54, 1.807) is 20.8 Å². The highest BCUT2D eigenvalue weighted by atomic mass is 127.